The number of nitrogens with two attached hydrogens (primary N) is 2. The second-order valence-electron chi connectivity index (χ2n) is 2.95. The Labute approximate surface area is 59.8 Å². The van der Waals surface area contributed by atoms with E-state index in [0.29, 0.717) is 12.8 Å². The van der Waals surface area contributed by atoms with Crippen molar-refractivity contribution in [3.8, 4) is 0 Å². The van der Waals surface area contributed by atoms with Crippen LogP contribution in [0.3, 0.4) is 0 Å². The third-order valence-corrected chi connectivity index (χ3v) is 1.95. The smallest absolute Gasteiger partial charge is 0.0950 e. The van der Waals surface area contributed by atoms with Gasteiger partial charge in [-0.1, -0.05) is 0 Å². The summed E-state index contributed by atoms with van der Waals surface area (Å²) in [5.74, 6) is 0. The summed E-state index contributed by atoms with van der Waals surface area (Å²) in [7, 11) is 0. The lowest BCUT2D eigenvalue weighted by molar-refractivity contribution is -0.0259. The Hall–Kier alpha value is -0.160. The Bertz CT molecular complexity index is 108. The second-order valence-corrected chi connectivity index (χ2v) is 2.95. The summed E-state index contributed by atoms with van der Waals surface area (Å²) in [6.45, 7) is 0. The summed E-state index contributed by atoms with van der Waals surface area (Å²) in [4.78, 5) is 0. The molecule has 0 unspecified atom stereocenters. The van der Waals surface area contributed by atoms with E-state index in [1.165, 1.54) is 0 Å². The molecular formula is C6H14N2O2. The molecule has 1 saturated carbocycles. The predicted molar refractivity (Wildman–Crippen MR) is 37.2 cm³/mol. The molecule has 0 spiro atoms. The van der Waals surface area contributed by atoms with Gasteiger partial charge in [-0.3, -0.25) is 0 Å². The lowest BCUT2D eigenvalue weighted by Crippen LogP contribution is -2.52. The third kappa shape index (κ3) is 1.46. The fraction of sp³-hybridized carbons (Fsp3) is 1.00. The molecule has 0 aromatic rings. The van der Waals surface area contributed by atoms with Crippen molar-refractivity contribution >= 4 is 0 Å². The molecule has 0 radical (unpaired) electrons. The average Bonchev–Trinajstić information content (AvgIpc) is 1.82. The fourth-order valence-corrected chi connectivity index (χ4v) is 1.32. The van der Waals surface area contributed by atoms with Gasteiger partial charge in [-0.15, -0.1) is 0 Å². The number of aliphatic hydroxyl groups excluding tert-OH is 2. The largest absolute Gasteiger partial charge is 0.390 e. The van der Waals surface area contributed by atoms with Crippen LogP contribution < -0.4 is 11.5 Å². The summed E-state index contributed by atoms with van der Waals surface area (Å²) in [5.41, 5.74) is 11.0. The van der Waals surface area contributed by atoms with Crippen LogP contribution in [0.25, 0.3) is 0 Å². The molecule has 1 aliphatic carbocycles. The summed E-state index contributed by atoms with van der Waals surface area (Å²) < 4.78 is 0. The van der Waals surface area contributed by atoms with E-state index in [0.717, 1.165) is 0 Å². The van der Waals surface area contributed by atoms with Crippen LogP contribution >= 0.6 is 0 Å². The van der Waals surface area contributed by atoms with Crippen LogP contribution in [0.15, 0.2) is 0 Å². The first-order valence-electron chi connectivity index (χ1n) is 3.48. The van der Waals surface area contributed by atoms with Crippen LogP contribution in [-0.4, -0.2) is 34.5 Å². The number of hydrogen-bond acceptors (Lipinski definition) is 4. The molecule has 60 valence electrons. The average molecular weight is 146 g/mol. The molecule has 1 rings (SSSR count). The highest BCUT2D eigenvalue weighted by Gasteiger charge is 2.31. The maximum Gasteiger partial charge on any atom is 0.0950 e. The third-order valence-electron chi connectivity index (χ3n) is 1.95. The lowest BCUT2D eigenvalue weighted by Gasteiger charge is -2.32. The molecule has 10 heavy (non-hydrogen) atoms. The molecule has 4 nitrogen and oxygen atoms in total. The molecule has 0 saturated heterocycles. The SMILES string of the molecule is N[C@H]1C[C@@H](O)[C@H](O)[C@@H](N)C1. The first kappa shape index (κ1) is 7.94. The molecule has 0 amide bonds. The van der Waals surface area contributed by atoms with Gasteiger partial charge in [0.1, 0.15) is 0 Å². The van der Waals surface area contributed by atoms with Gasteiger partial charge < -0.3 is 21.7 Å². The summed E-state index contributed by atoms with van der Waals surface area (Å²) in [6.07, 6.45) is -0.480. The second kappa shape index (κ2) is 2.84. The van der Waals surface area contributed by atoms with Crippen molar-refractivity contribution < 1.29 is 10.2 Å². The first-order chi connectivity index (χ1) is 4.61. The zero-order chi connectivity index (χ0) is 7.72. The molecule has 1 fully saturated rings. The Morgan fingerprint density at radius 3 is 2.20 bits per heavy atom. The van der Waals surface area contributed by atoms with Crippen LogP contribution in [-0.2, 0) is 0 Å². The van der Waals surface area contributed by atoms with Gasteiger partial charge in [-0.25, -0.2) is 0 Å². The Balaban J connectivity index is 2.49. The van der Waals surface area contributed by atoms with Gasteiger partial charge in [0.15, 0.2) is 0 Å². The fourth-order valence-electron chi connectivity index (χ4n) is 1.32. The highest BCUT2D eigenvalue weighted by atomic mass is 16.3. The van der Waals surface area contributed by atoms with Gasteiger partial charge >= 0.3 is 0 Å². The number of rotatable bonds is 0. The van der Waals surface area contributed by atoms with Gasteiger partial charge in [0.05, 0.1) is 12.2 Å². The van der Waals surface area contributed by atoms with Gasteiger partial charge in [-0.2, -0.15) is 0 Å². The highest BCUT2D eigenvalue weighted by Crippen LogP contribution is 2.16. The minimum absolute atomic E-state index is 0.0617. The van der Waals surface area contributed by atoms with Crippen LogP contribution in [0.1, 0.15) is 12.8 Å². The summed E-state index contributed by atoms with van der Waals surface area (Å²) >= 11 is 0. The quantitative estimate of drug-likeness (QED) is 0.323. The van der Waals surface area contributed by atoms with E-state index in [1.54, 1.807) is 0 Å². The van der Waals surface area contributed by atoms with Crippen molar-refractivity contribution in [2.75, 3.05) is 0 Å². The van der Waals surface area contributed by atoms with E-state index in [-0.39, 0.29) is 12.1 Å². The molecule has 4 heteroatoms. The van der Waals surface area contributed by atoms with Crippen LogP contribution in [0.4, 0.5) is 0 Å². The van der Waals surface area contributed by atoms with Crippen LogP contribution in [0, 0.1) is 0 Å². The van der Waals surface area contributed by atoms with Crippen molar-refractivity contribution in [2.45, 2.75) is 37.1 Å². The van der Waals surface area contributed by atoms with E-state index >= 15 is 0 Å². The lowest BCUT2D eigenvalue weighted by atomic mass is 9.87. The zero-order valence-corrected chi connectivity index (χ0v) is 5.77. The van der Waals surface area contributed by atoms with Gasteiger partial charge in [0.25, 0.3) is 0 Å². The van der Waals surface area contributed by atoms with Crippen molar-refractivity contribution in [3.05, 3.63) is 0 Å². The van der Waals surface area contributed by atoms with Crippen LogP contribution in [0.2, 0.25) is 0 Å². The predicted octanol–water partition coefficient (Wildman–Crippen LogP) is -1.84. The Morgan fingerprint density at radius 2 is 1.70 bits per heavy atom. The van der Waals surface area contributed by atoms with Crippen molar-refractivity contribution in [2.24, 2.45) is 11.5 Å². The molecule has 6 N–H and O–H groups in total. The van der Waals surface area contributed by atoms with E-state index in [4.69, 9.17) is 21.7 Å². The maximum absolute atomic E-state index is 9.13. The molecule has 0 heterocycles. The Kier molecular flexibility index (Phi) is 2.25. The summed E-state index contributed by atoms with van der Waals surface area (Å²) in [6, 6.07) is -0.424. The topological polar surface area (TPSA) is 92.5 Å². The molecular weight excluding hydrogens is 132 g/mol. The summed E-state index contributed by atoms with van der Waals surface area (Å²) in [5, 5.41) is 18.2. The maximum atomic E-state index is 9.13. The van der Waals surface area contributed by atoms with Gasteiger partial charge in [0, 0.05) is 12.1 Å². The van der Waals surface area contributed by atoms with Gasteiger partial charge in [-0.05, 0) is 12.8 Å². The van der Waals surface area contributed by atoms with Crippen molar-refractivity contribution in [3.63, 3.8) is 0 Å². The normalized spacial score (nSPS) is 49.2. The van der Waals surface area contributed by atoms with Crippen molar-refractivity contribution in [1.29, 1.82) is 0 Å². The molecule has 0 bridgehead atoms. The highest BCUT2D eigenvalue weighted by molar-refractivity contribution is 4.89. The van der Waals surface area contributed by atoms with E-state index < -0.39 is 12.2 Å². The standard InChI is InChI=1S/C6H14N2O2/c7-3-1-4(8)6(10)5(9)2-3/h3-6,9-10H,1-2,7-8H2/t3-,4+,5-,6-/m1/s1. The van der Waals surface area contributed by atoms with Crippen LogP contribution in [0.5, 0.6) is 0 Å². The minimum Gasteiger partial charge on any atom is -0.390 e. The van der Waals surface area contributed by atoms with E-state index in [1.807, 2.05) is 0 Å². The minimum atomic E-state index is -0.792. The molecule has 0 aromatic carbocycles. The van der Waals surface area contributed by atoms with Crippen molar-refractivity contribution in [1.82, 2.24) is 0 Å². The Morgan fingerprint density at radius 1 is 1.10 bits per heavy atom. The number of aliphatic hydroxyl groups is 2. The molecule has 0 aromatic heterocycles. The first-order valence-corrected chi connectivity index (χ1v) is 3.48. The van der Waals surface area contributed by atoms with E-state index in [9.17, 15) is 0 Å². The monoisotopic (exact) mass is 146 g/mol. The molecule has 0 aliphatic heterocycles. The van der Waals surface area contributed by atoms with Gasteiger partial charge in [0.2, 0.25) is 0 Å². The number of hydrogen-bond donors (Lipinski definition) is 4. The molecule has 1 aliphatic rings. The van der Waals surface area contributed by atoms with E-state index in [2.05, 4.69) is 0 Å². The zero-order valence-electron chi connectivity index (χ0n) is 5.77. The molecule has 4 atom stereocenters.